The highest BCUT2D eigenvalue weighted by atomic mass is 32.1. The molecule has 1 atom stereocenters. The van der Waals surface area contributed by atoms with E-state index in [9.17, 15) is 0 Å². The molecule has 1 aromatic heterocycles. The molecule has 0 saturated carbocycles. The van der Waals surface area contributed by atoms with Gasteiger partial charge in [-0.1, -0.05) is 0 Å². The zero-order valence-electron chi connectivity index (χ0n) is 9.66. The van der Waals surface area contributed by atoms with E-state index in [1.54, 1.807) is 18.4 Å². The summed E-state index contributed by atoms with van der Waals surface area (Å²) in [7, 11) is 1.69. The summed E-state index contributed by atoms with van der Waals surface area (Å²) >= 11 is 6.89. The van der Waals surface area contributed by atoms with E-state index in [1.165, 1.54) is 5.56 Å². The molecule has 1 aromatic rings. The summed E-state index contributed by atoms with van der Waals surface area (Å²) in [4.78, 5) is 0. The van der Waals surface area contributed by atoms with Crippen molar-refractivity contribution in [3.8, 4) is 0 Å². The Kier molecular flexibility index (Phi) is 6.37. The molecular weight excluding hydrogens is 240 g/mol. The summed E-state index contributed by atoms with van der Waals surface area (Å²) in [5, 5.41) is 11.3. The predicted molar refractivity (Wildman–Crippen MR) is 73.1 cm³/mol. The zero-order valence-corrected chi connectivity index (χ0v) is 11.3. The average molecular weight is 258 g/mol. The molecule has 5 heteroatoms. The first-order chi connectivity index (χ1) is 7.72. The number of hydrogen-bond acceptors (Lipinski definition) is 3. The van der Waals surface area contributed by atoms with Crippen LogP contribution in [0.5, 0.6) is 0 Å². The van der Waals surface area contributed by atoms with E-state index < -0.39 is 0 Å². The number of ether oxygens (including phenoxy) is 1. The zero-order chi connectivity index (χ0) is 11.8. The molecule has 0 radical (unpaired) electrons. The van der Waals surface area contributed by atoms with Crippen molar-refractivity contribution >= 4 is 28.7 Å². The van der Waals surface area contributed by atoms with Gasteiger partial charge in [-0.15, -0.1) is 0 Å². The summed E-state index contributed by atoms with van der Waals surface area (Å²) in [6.45, 7) is 3.56. The Morgan fingerprint density at radius 1 is 1.62 bits per heavy atom. The number of rotatable bonds is 6. The molecule has 3 nitrogen and oxygen atoms in total. The van der Waals surface area contributed by atoms with Crippen LogP contribution in [0.1, 0.15) is 12.5 Å². The smallest absolute Gasteiger partial charge is 0.166 e. The van der Waals surface area contributed by atoms with Gasteiger partial charge in [-0.3, -0.25) is 0 Å². The third kappa shape index (κ3) is 5.44. The van der Waals surface area contributed by atoms with Crippen LogP contribution in [0.3, 0.4) is 0 Å². The number of thiocarbonyl (C=S) groups is 1. The van der Waals surface area contributed by atoms with Crippen LogP contribution in [-0.2, 0) is 11.2 Å². The Labute approximate surface area is 106 Å². The molecule has 0 aliphatic heterocycles. The highest BCUT2D eigenvalue weighted by molar-refractivity contribution is 7.80. The van der Waals surface area contributed by atoms with Crippen molar-refractivity contribution in [3.63, 3.8) is 0 Å². The second kappa shape index (κ2) is 7.60. The number of methoxy groups -OCH3 is 1. The summed E-state index contributed by atoms with van der Waals surface area (Å²) in [5.41, 5.74) is 1.35. The Balaban J connectivity index is 2.10. The molecule has 2 N–H and O–H groups in total. The minimum atomic E-state index is 0.242. The first-order valence-corrected chi connectivity index (χ1v) is 6.62. The van der Waals surface area contributed by atoms with Gasteiger partial charge in [-0.05, 0) is 48.0 Å². The van der Waals surface area contributed by atoms with Gasteiger partial charge in [-0.25, -0.2) is 0 Å². The molecule has 0 saturated heterocycles. The first kappa shape index (κ1) is 13.4. The minimum Gasteiger partial charge on any atom is -0.383 e. The lowest BCUT2D eigenvalue weighted by Crippen LogP contribution is -2.43. The topological polar surface area (TPSA) is 33.3 Å². The molecule has 0 fully saturated rings. The van der Waals surface area contributed by atoms with Crippen LogP contribution in [0.2, 0.25) is 0 Å². The highest BCUT2D eigenvalue weighted by Gasteiger charge is 2.02. The van der Waals surface area contributed by atoms with E-state index in [0.29, 0.717) is 11.7 Å². The largest absolute Gasteiger partial charge is 0.383 e. The van der Waals surface area contributed by atoms with Gasteiger partial charge in [0.25, 0.3) is 0 Å². The van der Waals surface area contributed by atoms with Crippen molar-refractivity contribution in [2.75, 3.05) is 20.3 Å². The molecule has 0 bridgehead atoms. The van der Waals surface area contributed by atoms with Crippen LogP contribution in [0.15, 0.2) is 16.8 Å². The Morgan fingerprint density at radius 2 is 2.44 bits per heavy atom. The third-order valence-corrected chi connectivity index (χ3v) is 3.07. The summed E-state index contributed by atoms with van der Waals surface area (Å²) in [6.07, 6.45) is 1.00. The van der Waals surface area contributed by atoms with Gasteiger partial charge < -0.3 is 15.4 Å². The fourth-order valence-corrected chi connectivity index (χ4v) is 2.33. The molecule has 0 amide bonds. The second-order valence-electron chi connectivity index (χ2n) is 3.64. The second-order valence-corrected chi connectivity index (χ2v) is 4.83. The van der Waals surface area contributed by atoms with Crippen LogP contribution in [0.4, 0.5) is 0 Å². The van der Waals surface area contributed by atoms with Crippen LogP contribution < -0.4 is 10.6 Å². The van der Waals surface area contributed by atoms with E-state index in [-0.39, 0.29) is 6.04 Å². The lowest BCUT2D eigenvalue weighted by molar-refractivity contribution is 0.179. The van der Waals surface area contributed by atoms with E-state index >= 15 is 0 Å². The number of hydrogen-bond donors (Lipinski definition) is 2. The molecule has 1 heterocycles. The molecular formula is C11H18N2OS2. The van der Waals surface area contributed by atoms with Gasteiger partial charge in [0.15, 0.2) is 5.11 Å². The summed E-state index contributed by atoms with van der Waals surface area (Å²) in [5.74, 6) is 0. The normalized spacial score (nSPS) is 12.1. The predicted octanol–water partition coefficient (Wildman–Crippen LogP) is 1.79. The van der Waals surface area contributed by atoms with Crippen molar-refractivity contribution < 1.29 is 4.74 Å². The van der Waals surface area contributed by atoms with Crippen molar-refractivity contribution in [2.45, 2.75) is 19.4 Å². The van der Waals surface area contributed by atoms with Crippen LogP contribution >= 0.6 is 23.6 Å². The first-order valence-electron chi connectivity index (χ1n) is 5.26. The number of nitrogens with one attached hydrogen (secondary N) is 2. The van der Waals surface area contributed by atoms with Gasteiger partial charge in [0.05, 0.1) is 6.61 Å². The molecule has 0 spiro atoms. The van der Waals surface area contributed by atoms with E-state index in [4.69, 9.17) is 17.0 Å². The Bertz CT molecular complexity index is 301. The molecule has 16 heavy (non-hydrogen) atoms. The molecule has 1 unspecified atom stereocenters. The summed E-state index contributed by atoms with van der Waals surface area (Å²) in [6, 6.07) is 2.38. The van der Waals surface area contributed by atoms with E-state index in [0.717, 1.165) is 13.0 Å². The Morgan fingerprint density at radius 3 is 3.06 bits per heavy atom. The van der Waals surface area contributed by atoms with Crippen molar-refractivity contribution in [1.29, 1.82) is 0 Å². The van der Waals surface area contributed by atoms with Crippen LogP contribution in [0, 0.1) is 0 Å². The van der Waals surface area contributed by atoms with Crippen molar-refractivity contribution in [2.24, 2.45) is 0 Å². The third-order valence-electron chi connectivity index (χ3n) is 2.07. The van der Waals surface area contributed by atoms with Gasteiger partial charge in [-0.2, -0.15) is 11.3 Å². The highest BCUT2D eigenvalue weighted by Crippen LogP contribution is 2.05. The molecule has 1 rings (SSSR count). The maximum atomic E-state index is 5.16. The van der Waals surface area contributed by atoms with E-state index in [1.807, 2.05) is 6.92 Å². The van der Waals surface area contributed by atoms with Gasteiger partial charge in [0.1, 0.15) is 0 Å². The van der Waals surface area contributed by atoms with Gasteiger partial charge in [0, 0.05) is 19.7 Å². The Hall–Kier alpha value is -0.650. The van der Waals surface area contributed by atoms with E-state index in [2.05, 4.69) is 27.5 Å². The lowest BCUT2D eigenvalue weighted by atomic mass is 10.2. The van der Waals surface area contributed by atoms with Gasteiger partial charge in [0.2, 0.25) is 0 Å². The summed E-state index contributed by atoms with van der Waals surface area (Å²) < 4.78 is 5.02. The SMILES string of the molecule is COCC(C)NC(=S)NCCc1ccsc1. The molecule has 0 aromatic carbocycles. The standard InChI is InChI=1S/C11H18N2OS2/c1-9(7-14-2)13-11(15)12-5-3-10-4-6-16-8-10/h4,6,8-9H,3,5,7H2,1-2H3,(H2,12,13,15). The quantitative estimate of drug-likeness (QED) is 0.762. The molecule has 0 aliphatic rings. The average Bonchev–Trinajstić information content (AvgIpc) is 2.70. The van der Waals surface area contributed by atoms with Crippen molar-refractivity contribution in [1.82, 2.24) is 10.6 Å². The fraction of sp³-hybridized carbons (Fsp3) is 0.545. The minimum absolute atomic E-state index is 0.242. The number of thiophene rings is 1. The molecule has 0 aliphatic carbocycles. The maximum absolute atomic E-state index is 5.16. The van der Waals surface area contributed by atoms with Gasteiger partial charge >= 0.3 is 0 Å². The fourth-order valence-electron chi connectivity index (χ4n) is 1.32. The molecule has 90 valence electrons. The monoisotopic (exact) mass is 258 g/mol. The van der Waals surface area contributed by atoms with Crippen molar-refractivity contribution in [3.05, 3.63) is 22.4 Å². The van der Waals surface area contributed by atoms with Crippen LogP contribution in [0.25, 0.3) is 0 Å². The lowest BCUT2D eigenvalue weighted by Gasteiger charge is -2.15. The maximum Gasteiger partial charge on any atom is 0.166 e. The van der Waals surface area contributed by atoms with Crippen LogP contribution in [-0.4, -0.2) is 31.4 Å².